The van der Waals surface area contributed by atoms with Crippen LogP contribution in [0, 0.1) is 20.8 Å². The number of benzene rings is 2. The van der Waals surface area contributed by atoms with E-state index in [1.807, 2.05) is 51.1 Å². The monoisotopic (exact) mass is 416 g/mol. The first-order valence-electron chi connectivity index (χ1n) is 10.0. The second-order valence-electron chi connectivity index (χ2n) is 7.97. The van der Waals surface area contributed by atoms with Gasteiger partial charge in [-0.2, -0.15) is 0 Å². The Hall–Kier alpha value is -3.87. The minimum absolute atomic E-state index is 0.241. The Bertz CT molecular complexity index is 1230. The zero-order valence-electron chi connectivity index (χ0n) is 17.9. The zero-order valence-corrected chi connectivity index (χ0v) is 17.9. The number of aromatic nitrogens is 1. The smallest absolute Gasteiger partial charge is 0.322 e. The Morgan fingerprint density at radius 3 is 2.42 bits per heavy atom. The Morgan fingerprint density at radius 1 is 1.00 bits per heavy atom. The molecule has 1 aliphatic rings. The van der Waals surface area contributed by atoms with E-state index in [9.17, 15) is 14.4 Å². The van der Waals surface area contributed by atoms with Crippen LogP contribution in [0.25, 0.3) is 5.69 Å². The highest BCUT2D eigenvalue weighted by Gasteiger charge is 2.43. The maximum atomic E-state index is 13.1. The van der Waals surface area contributed by atoms with E-state index in [-0.39, 0.29) is 5.91 Å². The highest BCUT2D eigenvalue weighted by Crippen LogP contribution is 2.28. The van der Waals surface area contributed by atoms with Gasteiger partial charge in [0.05, 0.1) is 5.56 Å². The quantitative estimate of drug-likeness (QED) is 0.566. The van der Waals surface area contributed by atoms with E-state index >= 15 is 0 Å². The molecule has 4 amide bonds. The van der Waals surface area contributed by atoms with E-state index in [2.05, 4.69) is 20.5 Å². The summed E-state index contributed by atoms with van der Waals surface area (Å²) in [7, 11) is 0. The average Bonchev–Trinajstić information content (AvgIpc) is 3.17. The molecule has 0 spiro atoms. The molecule has 1 aromatic heterocycles. The van der Waals surface area contributed by atoms with E-state index in [1.54, 1.807) is 31.2 Å². The van der Waals surface area contributed by atoms with E-state index in [0.29, 0.717) is 16.8 Å². The van der Waals surface area contributed by atoms with Gasteiger partial charge in [0.15, 0.2) is 0 Å². The number of anilines is 1. The summed E-state index contributed by atoms with van der Waals surface area (Å²) in [5.74, 6) is -0.669. The van der Waals surface area contributed by atoms with Gasteiger partial charge < -0.3 is 15.2 Å². The number of nitrogens with zero attached hydrogens (tertiary/aromatic N) is 1. The summed E-state index contributed by atoms with van der Waals surface area (Å²) in [6.45, 7) is 7.56. The molecule has 4 rings (SSSR count). The molecule has 3 N–H and O–H groups in total. The number of rotatable bonds is 4. The van der Waals surface area contributed by atoms with Crippen LogP contribution in [0.15, 0.2) is 54.6 Å². The molecule has 7 heteroatoms. The number of urea groups is 1. The first-order chi connectivity index (χ1) is 14.7. The fraction of sp³-hybridized carbons (Fsp3) is 0.208. The van der Waals surface area contributed by atoms with Gasteiger partial charge in [0, 0.05) is 22.8 Å². The maximum Gasteiger partial charge on any atom is 0.322 e. The van der Waals surface area contributed by atoms with Gasteiger partial charge in [-0.3, -0.25) is 14.9 Å². The van der Waals surface area contributed by atoms with Crippen molar-refractivity contribution in [3.8, 4) is 5.69 Å². The van der Waals surface area contributed by atoms with Crippen molar-refractivity contribution >= 4 is 23.5 Å². The second kappa shape index (κ2) is 7.43. The highest BCUT2D eigenvalue weighted by atomic mass is 16.2. The molecular formula is C24H24N4O3. The zero-order chi connectivity index (χ0) is 22.3. The van der Waals surface area contributed by atoms with Crippen molar-refractivity contribution in [3.05, 3.63) is 82.7 Å². The van der Waals surface area contributed by atoms with Gasteiger partial charge >= 0.3 is 6.03 Å². The van der Waals surface area contributed by atoms with Crippen LogP contribution in [-0.2, 0) is 10.3 Å². The highest BCUT2D eigenvalue weighted by molar-refractivity contribution is 6.08. The van der Waals surface area contributed by atoms with Crippen LogP contribution in [0.3, 0.4) is 0 Å². The van der Waals surface area contributed by atoms with Crippen LogP contribution in [-0.4, -0.2) is 22.4 Å². The largest absolute Gasteiger partial charge is 0.322 e. The average molecular weight is 416 g/mol. The van der Waals surface area contributed by atoms with Crippen LogP contribution in [0.5, 0.6) is 0 Å². The molecule has 0 bridgehead atoms. The van der Waals surface area contributed by atoms with Gasteiger partial charge in [-0.25, -0.2) is 4.79 Å². The number of carbonyl (C=O) groups is 3. The lowest BCUT2D eigenvalue weighted by Crippen LogP contribution is -2.40. The van der Waals surface area contributed by atoms with Gasteiger partial charge in [0.1, 0.15) is 5.54 Å². The molecule has 1 atom stereocenters. The number of hydrogen-bond acceptors (Lipinski definition) is 3. The lowest BCUT2D eigenvalue weighted by molar-refractivity contribution is -0.123. The van der Waals surface area contributed by atoms with Crippen molar-refractivity contribution in [3.63, 3.8) is 0 Å². The van der Waals surface area contributed by atoms with E-state index < -0.39 is 17.5 Å². The number of nitrogens with one attached hydrogen (secondary N) is 3. The van der Waals surface area contributed by atoms with E-state index in [4.69, 9.17) is 0 Å². The molecule has 0 radical (unpaired) electrons. The van der Waals surface area contributed by atoms with Gasteiger partial charge in [0.2, 0.25) is 0 Å². The predicted molar refractivity (Wildman–Crippen MR) is 118 cm³/mol. The number of amides is 4. The summed E-state index contributed by atoms with van der Waals surface area (Å²) in [6, 6.07) is 16.3. The van der Waals surface area contributed by atoms with Crippen molar-refractivity contribution < 1.29 is 14.4 Å². The Morgan fingerprint density at radius 2 is 1.74 bits per heavy atom. The molecule has 1 unspecified atom stereocenters. The first-order valence-corrected chi connectivity index (χ1v) is 10.0. The predicted octanol–water partition coefficient (Wildman–Crippen LogP) is 3.71. The number of carbonyl (C=O) groups excluding carboxylic acids is 3. The first kappa shape index (κ1) is 20.4. The minimum Gasteiger partial charge on any atom is -0.322 e. The van der Waals surface area contributed by atoms with E-state index in [1.165, 1.54) is 0 Å². The third-order valence-corrected chi connectivity index (χ3v) is 5.77. The molecule has 7 nitrogen and oxygen atoms in total. The van der Waals surface area contributed by atoms with Crippen LogP contribution >= 0.6 is 0 Å². The topological polar surface area (TPSA) is 92.2 Å². The van der Waals surface area contributed by atoms with Crippen molar-refractivity contribution in [2.75, 3.05) is 5.32 Å². The molecule has 1 fully saturated rings. The summed E-state index contributed by atoms with van der Waals surface area (Å²) in [4.78, 5) is 36.9. The molecule has 1 saturated heterocycles. The number of para-hydroxylation sites is 1. The van der Waals surface area contributed by atoms with Gasteiger partial charge in [0.25, 0.3) is 11.8 Å². The van der Waals surface area contributed by atoms with Crippen molar-refractivity contribution in [2.45, 2.75) is 33.2 Å². The summed E-state index contributed by atoms with van der Waals surface area (Å²) in [5, 5.41) is 7.80. The summed E-state index contributed by atoms with van der Waals surface area (Å²) in [6.07, 6.45) is 0. The Labute approximate surface area is 180 Å². The SMILES string of the molecule is Cc1ccccc1-n1c(C)cc(C(=O)Nc2cccc(C3(C)NC(=O)NC3=O)c2)c1C. The van der Waals surface area contributed by atoms with Crippen LogP contribution in [0.2, 0.25) is 0 Å². The number of aryl methyl sites for hydroxylation is 2. The molecule has 2 aromatic carbocycles. The number of imide groups is 1. The molecule has 0 aliphatic carbocycles. The molecule has 3 aromatic rings. The normalized spacial score (nSPS) is 17.9. The minimum atomic E-state index is -1.18. The fourth-order valence-corrected chi connectivity index (χ4v) is 4.03. The molecule has 158 valence electrons. The maximum absolute atomic E-state index is 13.1. The van der Waals surface area contributed by atoms with Crippen LogP contribution in [0.1, 0.15) is 39.8 Å². The van der Waals surface area contributed by atoms with Crippen LogP contribution < -0.4 is 16.0 Å². The number of hydrogen-bond donors (Lipinski definition) is 3. The molecule has 0 saturated carbocycles. The van der Waals surface area contributed by atoms with E-state index in [0.717, 1.165) is 22.6 Å². The molecule has 31 heavy (non-hydrogen) atoms. The standard InChI is InChI=1S/C24H24N4O3/c1-14-8-5-6-11-20(14)28-15(2)12-19(16(28)3)21(29)25-18-10-7-9-17(13-18)24(4)22(30)26-23(31)27-24/h5-13H,1-4H3,(H,25,29)(H2,26,27,30,31). The third kappa shape index (κ3) is 3.48. The summed E-state index contributed by atoms with van der Waals surface area (Å²) < 4.78 is 2.07. The van der Waals surface area contributed by atoms with Crippen LogP contribution in [0.4, 0.5) is 10.5 Å². The van der Waals surface area contributed by atoms with Gasteiger partial charge in [-0.15, -0.1) is 0 Å². The molecular weight excluding hydrogens is 392 g/mol. The summed E-state index contributed by atoms with van der Waals surface area (Å²) >= 11 is 0. The lowest BCUT2D eigenvalue weighted by Gasteiger charge is -2.21. The van der Waals surface area contributed by atoms with Gasteiger partial charge in [-0.1, -0.05) is 30.3 Å². The van der Waals surface area contributed by atoms with Crippen molar-refractivity contribution in [1.82, 2.24) is 15.2 Å². The second-order valence-corrected chi connectivity index (χ2v) is 7.97. The lowest BCUT2D eigenvalue weighted by atomic mass is 9.92. The van der Waals surface area contributed by atoms with Crippen molar-refractivity contribution in [1.29, 1.82) is 0 Å². The Balaban J connectivity index is 1.63. The molecule has 1 aliphatic heterocycles. The van der Waals surface area contributed by atoms with Crippen molar-refractivity contribution in [2.24, 2.45) is 0 Å². The fourth-order valence-electron chi connectivity index (χ4n) is 4.03. The molecule has 2 heterocycles. The van der Waals surface area contributed by atoms with Gasteiger partial charge in [-0.05, 0) is 63.1 Å². The summed E-state index contributed by atoms with van der Waals surface area (Å²) in [5.41, 5.74) is 4.47. The Kier molecular flexibility index (Phi) is 4.89. The third-order valence-electron chi connectivity index (χ3n) is 5.77.